The fourth-order valence-corrected chi connectivity index (χ4v) is 2.79. The molecule has 0 amide bonds. The van der Waals surface area contributed by atoms with Gasteiger partial charge in [0.2, 0.25) is 0 Å². The molecule has 0 atom stereocenters. The van der Waals surface area contributed by atoms with Crippen molar-refractivity contribution in [3.8, 4) is 0 Å². The van der Waals surface area contributed by atoms with Crippen LogP contribution in [0.5, 0.6) is 0 Å². The SMILES string of the molecule is CCN(CC)c1ccc(C=C(F)B2OC(C)(C)C(C)(C)O2)cc1[N+](=O)[O-]. The topological polar surface area (TPSA) is 64.8 Å². The first kappa shape index (κ1) is 20.4. The number of hydrogen-bond acceptors (Lipinski definition) is 5. The van der Waals surface area contributed by atoms with Crippen LogP contribution in [-0.2, 0) is 9.31 Å². The van der Waals surface area contributed by atoms with E-state index in [9.17, 15) is 14.5 Å². The van der Waals surface area contributed by atoms with Gasteiger partial charge in [0, 0.05) is 19.2 Å². The summed E-state index contributed by atoms with van der Waals surface area (Å²) in [5, 5.41) is 11.4. The van der Waals surface area contributed by atoms with E-state index < -0.39 is 29.0 Å². The van der Waals surface area contributed by atoms with Crippen LogP contribution >= 0.6 is 0 Å². The molecule has 1 fully saturated rings. The quantitative estimate of drug-likeness (QED) is 0.426. The maximum atomic E-state index is 14.6. The lowest BCUT2D eigenvalue weighted by Gasteiger charge is -2.32. The molecule has 0 saturated carbocycles. The highest BCUT2D eigenvalue weighted by molar-refractivity contribution is 6.54. The minimum Gasteiger partial charge on any atom is -0.398 e. The Hall–Kier alpha value is -1.93. The average molecular weight is 364 g/mol. The van der Waals surface area contributed by atoms with Crippen LogP contribution in [0.15, 0.2) is 23.9 Å². The number of nitro benzene ring substituents is 1. The number of hydrogen-bond donors (Lipinski definition) is 0. The van der Waals surface area contributed by atoms with Crippen LogP contribution in [0.3, 0.4) is 0 Å². The number of benzene rings is 1. The first-order valence-electron chi connectivity index (χ1n) is 8.78. The Kier molecular flexibility index (Phi) is 5.77. The van der Waals surface area contributed by atoms with Gasteiger partial charge in [0.15, 0.2) is 0 Å². The molecule has 2 rings (SSSR count). The summed E-state index contributed by atoms with van der Waals surface area (Å²) < 4.78 is 26.0. The first-order valence-corrected chi connectivity index (χ1v) is 8.78. The molecule has 142 valence electrons. The Morgan fingerprint density at radius 2 is 1.77 bits per heavy atom. The van der Waals surface area contributed by atoms with Crippen molar-refractivity contribution in [3.63, 3.8) is 0 Å². The van der Waals surface area contributed by atoms with Gasteiger partial charge in [0.25, 0.3) is 5.69 Å². The van der Waals surface area contributed by atoms with Crippen molar-refractivity contribution in [2.45, 2.75) is 52.7 Å². The lowest BCUT2D eigenvalue weighted by atomic mass is 9.86. The Balaban J connectivity index is 2.33. The molecule has 1 heterocycles. The molecule has 0 radical (unpaired) electrons. The fourth-order valence-electron chi connectivity index (χ4n) is 2.79. The monoisotopic (exact) mass is 364 g/mol. The van der Waals surface area contributed by atoms with Gasteiger partial charge in [-0.1, -0.05) is 6.07 Å². The summed E-state index contributed by atoms with van der Waals surface area (Å²) in [6.45, 7) is 12.5. The van der Waals surface area contributed by atoms with Gasteiger partial charge in [0.1, 0.15) is 11.4 Å². The second kappa shape index (κ2) is 7.36. The molecular weight excluding hydrogens is 338 g/mol. The zero-order valence-electron chi connectivity index (χ0n) is 16.2. The summed E-state index contributed by atoms with van der Waals surface area (Å²) in [4.78, 5) is 12.9. The zero-order valence-corrected chi connectivity index (χ0v) is 16.2. The van der Waals surface area contributed by atoms with Crippen LogP contribution < -0.4 is 4.90 Å². The molecule has 1 aromatic carbocycles. The number of anilines is 1. The molecule has 6 nitrogen and oxygen atoms in total. The van der Waals surface area contributed by atoms with E-state index in [1.54, 1.807) is 12.1 Å². The van der Waals surface area contributed by atoms with Crippen molar-refractivity contribution >= 4 is 24.6 Å². The van der Waals surface area contributed by atoms with E-state index in [0.717, 1.165) is 0 Å². The van der Waals surface area contributed by atoms with Gasteiger partial charge in [-0.15, -0.1) is 0 Å². The van der Waals surface area contributed by atoms with Crippen LogP contribution in [0, 0.1) is 10.1 Å². The summed E-state index contributed by atoms with van der Waals surface area (Å²) >= 11 is 0. The van der Waals surface area contributed by atoms with E-state index in [4.69, 9.17) is 9.31 Å². The molecule has 0 bridgehead atoms. The number of nitrogens with zero attached hydrogens (tertiary/aromatic N) is 2. The summed E-state index contributed by atoms with van der Waals surface area (Å²) in [7, 11) is -1.12. The molecule has 0 aliphatic carbocycles. The van der Waals surface area contributed by atoms with Crippen LogP contribution in [-0.4, -0.2) is 36.3 Å². The molecule has 1 aliphatic rings. The number of nitro groups is 1. The van der Waals surface area contributed by atoms with Gasteiger partial charge in [-0.25, -0.2) is 4.39 Å². The predicted octanol–water partition coefficient (Wildman–Crippen LogP) is 4.38. The zero-order chi connectivity index (χ0) is 19.7. The van der Waals surface area contributed by atoms with Gasteiger partial charge in [-0.3, -0.25) is 10.1 Å². The third-order valence-corrected chi connectivity index (χ3v) is 5.08. The van der Waals surface area contributed by atoms with Crippen LogP contribution in [0.25, 0.3) is 6.08 Å². The summed E-state index contributed by atoms with van der Waals surface area (Å²) in [5.41, 5.74) is -1.06. The highest BCUT2D eigenvalue weighted by Crippen LogP contribution is 2.39. The molecule has 0 spiro atoms. The Morgan fingerprint density at radius 1 is 1.23 bits per heavy atom. The van der Waals surface area contributed by atoms with E-state index in [-0.39, 0.29) is 5.69 Å². The van der Waals surface area contributed by atoms with Gasteiger partial charge in [-0.05, 0) is 59.2 Å². The molecule has 0 N–H and O–H groups in total. The number of halogens is 1. The number of rotatable bonds is 6. The lowest BCUT2D eigenvalue weighted by molar-refractivity contribution is -0.384. The minimum atomic E-state index is -1.12. The van der Waals surface area contributed by atoms with Crippen LogP contribution in [0.4, 0.5) is 15.8 Å². The maximum absolute atomic E-state index is 14.6. The van der Waals surface area contributed by atoms with Crippen molar-refractivity contribution in [2.75, 3.05) is 18.0 Å². The largest absolute Gasteiger partial charge is 0.525 e. The van der Waals surface area contributed by atoms with Crippen molar-refractivity contribution in [1.82, 2.24) is 0 Å². The standard InChI is InChI=1S/C18H26BFN2O4/c1-7-21(8-2)14-10-9-13(11-15(14)22(23)24)12-16(20)19-25-17(3,4)18(5,6)26-19/h9-12H,7-8H2,1-6H3. The second-order valence-corrected chi connectivity index (χ2v) is 7.30. The van der Waals surface area contributed by atoms with Crippen molar-refractivity contribution in [3.05, 3.63) is 39.6 Å². The predicted molar refractivity (Wildman–Crippen MR) is 102 cm³/mol. The van der Waals surface area contributed by atoms with E-state index in [1.807, 2.05) is 46.4 Å². The molecule has 1 aromatic rings. The Labute approximate surface area is 154 Å². The Bertz CT molecular complexity index is 701. The molecule has 8 heteroatoms. The highest BCUT2D eigenvalue weighted by Gasteiger charge is 2.53. The van der Waals surface area contributed by atoms with Crippen LogP contribution in [0.1, 0.15) is 47.1 Å². The highest BCUT2D eigenvalue weighted by atomic mass is 19.1. The minimum absolute atomic E-state index is 0.0517. The van der Waals surface area contributed by atoms with Crippen molar-refractivity contribution < 1.29 is 18.6 Å². The molecule has 1 aliphatic heterocycles. The van der Waals surface area contributed by atoms with Gasteiger partial charge in [-0.2, -0.15) is 0 Å². The van der Waals surface area contributed by atoms with Crippen molar-refractivity contribution in [1.29, 1.82) is 0 Å². The summed E-state index contributed by atoms with van der Waals surface area (Å²) in [5.74, 6) is 0. The van der Waals surface area contributed by atoms with E-state index in [0.29, 0.717) is 24.3 Å². The smallest absolute Gasteiger partial charge is 0.398 e. The molecular formula is C18H26BFN2O4. The molecule has 0 aromatic heterocycles. The summed E-state index contributed by atoms with van der Waals surface area (Å²) in [6.07, 6.45) is 1.22. The van der Waals surface area contributed by atoms with E-state index in [2.05, 4.69) is 0 Å². The lowest BCUT2D eigenvalue weighted by Crippen LogP contribution is -2.41. The normalized spacial score (nSPS) is 18.9. The molecule has 0 unspecified atom stereocenters. The Morgan fingerprint density at radius 3 is 2.23 bits per heavy atom. The average Bonchev–Trinajstić information content (AvgIpc) is 2.77. The van der Waals surface area contributed by atoms with Gasteiger partial charge in [0.05, 0.1) is 16.1 Å². The van der Waals surface area contributed by atoms with Crippen molar-refractivity contribution in [2.24, 2.45) is 0 Å². The van der Waals surface area contributed by atoms with Crippen LogP contribution in [0.2, 0.25) is 0 Å². The third kappa shape index (κ3) is 3.91. The second-order valence-electron chi connectivity index (χ2n) is 7.30. The molecule has 1 saturated heterocycles. The first-order chi connectivity index (χ1) is 12.0. The van der Waals surface area contributed by atoms with E-state index >= 15 is 0 Å². The third-order valence-electron chi connectivity index (χ3n) is 5.08. The van der Waals surface area contributed by atoms with E-state index in [1.165, 1.54) is 12.1 Å². The van der Waals surface area contributed by atoms with Gasteiger partial charge < -0.3 is 14.2 Å². The molecule has 26 heavy (non-hydrogen) atoms. The fraction of sp³-hybridized carbons (Fsp3) is 0.556. The van der Waals surface area contributed by atoms with Gasteiger partial charge >= 0.3 is 7.12 Å². The summed E-state index contributed by atoms with van der Waals surface area (Å²) in [6, 6.07) is 4.68. The maximum Gasteiger partial charge on any atom is 0.525 e.